The predicted molar refractivity (Wildman–Crippen MR) is 109 cm³/mol. The van der Waals surface area contributed by atoms with Gasteiger partial charge in [0.05, 0.1) is 6.61 Å². The van der Waals surface area contributed by atoms with Gasteiger partial charge in [0.1, 0.15) is 17.2 Å². The summed E-state index contributed by atoms with van der Waals surface area (Å²) in [6, 6.07) is 17.0. The van der Waals surface area contributed by atoms with E-state index in [0.717, 1.165) is 11.1 Å². The largest absolute Gasteiger partial charge is 0.392 e. The van der Waals surface area contributed by atoms with Crippen LogP contribution in [-0.2, 0) is 6.61 Å². The molecule has 0 amide bonds. The molecule has 3 aromatic heterocycles. The van der Waals surface area contributed by atoms with Crippen molar-refractivity contribution in [1.29, 1.82) is 0 Å². The van der Waals surface area contributed by atoms with Crippen LogP contribution in [0.15, 0.2) is 77.6 Å². The smallest absolute Gasteiger partial charge is 0.281 e. The monoisotopic (exact) mass is 414 g/mol. The first kappa shape index (κ1) is 18.8. The summed E-state index contributed by atoms with van der Waals surface area (Å²) in [5, 5.41) is 21.6. The number of benzene rings is 2. The molecule has 0 fully saturated rings. The maximum absolute atomic E-state index is 14.5. The molecule has 9 heteroatoms. The molecule has 2 aromatic carbocycles. The van der Waals surface area contributed by atoms with Gasteiger partial charge in [0, 0.05) is 23.5 Å². The normalized spacial score (nSPS) is 11.0. The lowest BCUT2D eigenvalue weighted by Crippen LogP contribution is -2.02. The Morgan fingerprint density at radius 2 is 1.71 bits per heavy atom. The summed E-state index contributed by atoms with van der Waals surface area (Å²) in [4.78, 5) is 8.50. The third-order valence-electron chi connectivity index (χ3n) is 4.73. The van der Waals surface area contributed by atoms with E-state index in [0.29, 0.717) is 22.8 Å². The summed E-state index contributed by atoms with van der Waals surface area (Å²) in [7, 11) is 0. The molecular formula is C22H15FN6O2. The minimum atomic E-state index is -0.440. The molecule has 152 valence electrons. The third-order valence-corrected chi connectivity index (χ3v) is 4.73. The van der Waals surface area contributed by atoms with Crippen molar-refractivity contribution in [2.45, 2.75) is 6.61 Å². The fourth-order valence-corrected chi connectivity index (χ4v) is 3.18. The van der Waals surface area contributed by atoms with Gasteiger partial charge in [0.15, 0.2) is 5.69 Å². The van der Waals surface area contributed by atoms with Crippen LogP contribution in [0.2, 0.25) is 0 Å². The van der Waals surface area contributed by atoms with Gasteiger partial charge in [0.25, 0.3) is 5.89 Å². The van der Waals surface area contributed by atoms with Crippen molar-refractivity contribution < 1.29 is 14.0 Å². The number of hydrogen-bond donors (Lipinski definition) is 1. The van der Waals surface area contributed by atoms with Crippen LogP contribution in [0.3, 0.4) is 0 Å². The lowest BCUT2D eigenvalue weighted by atomic mass is 10.1. The number of nitrogens with zero attached hydrogens (tertiary/aromatic N) is 6. The van der Waals surface area contributed by atoms with Gasteiger partial charge in [-0.15, -0.1) is 5.10 Å². The molecule has 0 aliphatic heterocycles. The van der Waals surface area contributed by atoms with E-state index < -0.39 is 5.82 Å². The Kier molecular flexibility index (Phi) is 4.77. The van der Waals surface area contributed by atoms with Crippen LogP contribution in [0, 0.1) is 5.82 Å². The zero-order chi connectivity index (χ0) is 21.2. The number of pyridine rings is 1. The fourth-order valence-electron chi connectivity index (χ4n) is 3.18. The fraction of sp³-hybridized carbons (Fsp3) is 0.0455. The first-order valence-corrected chi connectivity index (χ1v) is 9.40. The third kappa shape index (κ3) is 3.47. The van der Waals surface area contributed by atoms with E-state index in [9.17, 15) is 9.50 Å². The Balaban J connectivity index is 1.63. The van der Waals surface area contributed by atoms with Crippen molar-refractivity contribution >= 4 is 0 Å². The number of halogens is 1. The Bertz CT molecular complexity index is 1330. The number of aliphatic hydroxyl groups is 1. The van der Waals surface area contributed by atoms with Gasteiger partial charge in [-0.3, -0.25) is 4.98 Å². The van der Waals surface area contributed by atoms with Crippen LogP contribution in [0.4, 0.5) is 4.39 Å². The van der Waals surface area contributed by atoms with Crippen LogP contribution in [0.25, 0.3) is 39.9 Å². The van der Waals surface area contributed by atoms with E-state index in [1.54, 1.807) is 67.0 Å². The highest BCUT2D eigenvalue weighted by Crippen LogP contribution is 2.32. The van der Waals surface area contributed by atoms with Crippen LogP contribution >= 0.6 is 0 Å². The van der Waals surface area contributed by atoms with Crippen molar-refractivity contribution in [1.82, 2.24) is 30.1 Å². The van der Waals surface area contributed by atoms with Crippen LogP contribution in [0.5, 0.6) is 0 Å². The van der Waals surface area contributed by atoms with Crippen LogP contribution in [0.1, 0.15) is 5.56 Å². The second kappa shape index (κ2) is 7.88. The van der Waals surface area contributed by atoms with Gasteiger partial charge in [-0.1, -0.05) is 46.8 Å². The van der Waals surface area contributed by atoms with Gasteiger partial charge in [0.2, 0.25) is 5.82 Å². The van der Waals surface area contributed by atoms with Crippen molar-refractivity contribution in [2.75, 3.05) is 0 Å². The minimum Gasteiger partial charge on any atom is -0.392 e. The average Bonchev–Trinajstić information content (AvgIpc) is 3.47. The van der Waals surface area contributed by atoms with Gasteiger partial charge in [-0.05, 0) is 29.8 Å². The quantitative estimate of drug-likeness (QED) is 0.468. The zero-order valence-corrected chi connectivity index (χ0v) is 16.1. The summed E-state index contributed by atoms with van der Waals surface area (Å²) in [6.07, 6.45) is 3.25. The molecule has 5 aromatic rings. The second-order valence-electron chi connectivity index (χ2n) is 6.66. The maximum Gasteiger partial charge on any atom is 0.281 e. The summed E-state index contributed by atoms with van der Waals surface area (Å²) in [6.45, 7) is -0.0494. The highest BCUT2D eigenvalue weighted by atomic mass is 19.1. The van der Waals surface area contributed by atoms with Crippen molar-refractivity contribution in [3.05, 3.63) is 84.4 Å². The average molecular weight is 414 g/mol. The number of para-hydroxylation sites is 1. The molecule has 0 aliphatic carbocycles. The summed E-state index contributed by atoms with van der Waals surface area (Å²) >= 11 is 0. The summed E-state index contributed by atoms with van der Waals surface area (Å²) < 4.78 is 21.4. The number of hydrogen-bond acceptors (Lipinski definition) is 7. The molecule has 5 rings (SSSR count). The van der Waals surface area contributed by atoms with Gasteiger partial charge >= 0.3 is 0 Å². The lowest BCUT2D eigenvalue weighted by Gasteiger charge is -2.08. The topological polar surface area (TPSA) is 103 Å². The molecular weight excluding hydrogens is 399 g/mol. The van der Waals surface area contributed by atoms with Crippen molar-refractivity contribution in [3.8, 4) is 39.9 Å². The lowest BCUT2D eigenvalue weighted by molar-refractivity contribution is 0.282. The van der Waals surface area contributed by atoms with E-state index in [-0.39, 0.29) is 18.2 Å². The molecule has 31 heavy (non-hydrogen) atoms. The van der Waals surface area contributed by atoms with Crippen LogP contribution in [-0.4, -0.2) is 35.2 Å². The molecule has 1 N–H and O–H groups in total. The number of aliphatic hydroxyl groups excluding tert-OH is 1. The minimum absolute atomic E-state index is 0.0494. The van der Waals surface area contributed by atoms with E-state index in [4.69, 9.17) is 4.52 Å². The highest BCUT2D eigenvalue weighted by molar-refractivity contribution is 5.76. The summed E-state index contributed by atoms with van der Waals surface area (Å²) in [5.74, 6) is 0.0701. The molecule has 0 aliphatic rings. The highest BCUT2D eigenvalue weighted by Gasteiger charge is 2.24. The van der Waals surface area contributed by atoms with Gasteiger partial charge in [-0.25, -0.2) is 9.07 Å². The van der Waals surface area contributed by atoms with E-state index in [1.165, 1.54) is 10.7 Å². The Morgan fingerprint density at radius 1 is 0.935 bits per heavy atom. The van der Waals surface area contributed by atoms with Crippen molar-refractivity contribution in [2.24, 2.45) is 0 Å². The number of rotatable bonds is 5. The zero-order valence-electron chi connectivity index (χ0n) is 16.1. The standard InChI is InChI=1S/C22H15FN6O2/c23-17-3-1-2-4-18(17)29-20(15-9-11-24-12-10-15)19(26-28-29)22-25-21(27-31-22)16-7-5-14(13-30)6-8-16/h1-12,30H,13H2. The number of aromatic nitrogens is 6. The molecule has 0 saturated carbocycles. The van der Waals surface area contributed by atoms with E-state index in [2.05, 4.69) is 25.4 Å². The Labute approximate surface area is 175 Å². The Hall–Kier alpha value is -4.24. The van der Waals surface area contributed by atoms with E-state index in [1.807, 2.05) is 0 Å². The van der Waals surface area contributed by atoms with Gasteiger partial charge < -0.3 is 9.63 Å². The molecule has 0 unspecified atom stereocenters. The molecule has 0 atom stereocenters. The maximum atomic E-state index is 14.5. The van der Waals surface area contributed by atoms with Crippen molar-refractivity contribution in [3.63, 3.8) is 0 Å². The molecule has 0 spiro atoms. The first-order valence-electron chi connectivity index (χ1n) is 9.40. The first-order chi connectivity index (χ1) is 15.2. The predicted octanol–water partition coefficient (Wildman–Crippen LogP) is 3.68. The summed E-state index contributed by atoms with van der Waals surface area (Å²) in [5.41, 5.74) is 3.27. The van der Waals surface area contributed by atoms with Crippen LogP contribution < -0.4 is 0 Å². The van der Waals surface area contributed by atoms with E-state index >= 15 is 0 Å². The molecule has 3 heterocycles. The molecule has 0 saturated heterocycles. The Morgan fingerprint density at radius 3 is 2.45 bits per heavy atom. The SMILES string of the molecule is OCc1ccc(-c2noc(-c3nnn(-c4ccccc4F)c3-c3ccncc3)n2)cc1. The second-order valence-corrected chi connectivity index (χ2v) is 6.66. The van der Waals surface area contributed by atoms with Gasteiger partial charge in [-0.2, -0.15) is 4.98 Å². The molecule has 0 radical (unpaired) electrons. The molecule has 0 bridgehead atoms. The molecule has 8 nitrogen and oxygen atoms in total.